The number of hydrogen-bond donors (Lipinski definition) is 1. The standard InChI is InChI=1S/C8H16N2O2/c1-4-5-6(10(2)3)7(11)8(9)12/h6H,4-5H2,1-3H3,(H2,9,12). The van der Waals surface area contributed by atoms with Crippen LogP contribution in [0.15, 0.2) is 0 Å². The highest BCUT2D eigenvalue weighted by molar-refractivity contribution is 6.37. The Balaban J connectivity index is 4.29. The Labute approximate surface area is 72.7 Å². The Morgan fingerprint density at radius 1 is 1.42 bits per heavy atom. The van der Waals surface area contributed by atoms with Gasteiger partial charge in [0.05, 0.1) is 6.04 Å². The van der Waals surface area contributed by atoms with Crippen molar-refractivity contribution in [3.63, 3.8) is 0 Å². The molecular weight excluding hydrogens is 156 g/mol. The van der Waals surface area contributed by atoms with Gasteiger partial charge in [0.15, 0.2) is 0 Å². The van der Waals surface area contributed by atoms with E-state index in [1.54, 1.807) is 19.0 Å². The van der Waals surface area contributed by atoms with Gasteiger partial charge in [-0.2, -0.15) is 0 Å². The number of nitrogens with zero attached hydrogens (tertiary/aromatic N) is 1. The predicted molar refractivity (Wildman–Crippen MR) is 46.6 cm³/mol. The summed E-state index contributed by atoms with van der Waals surface area (Å²) >= 11 is 0. The number of Topliss-reactive ketones (excluding diaryl/α,β-unsaturated/α-hetero) is 1. The maximum atomic E-state index is 11.2. The molecule has 2 N–H and O–H groups in total. The lowest BCUT2D eigenvalue weighted by molar-refractivity contribution is -0.138. The molecule has 0 bridgehead atoms. The van der Waals surface area contributed by atoms with Crippen molar-refractivity contribution in [2.75, 3.05) is 14.1 Å². The summed E-state index contributed by atoms with van der Waals surface area (Å²) < 4.78 is 0. The molecule has 0 aromatic carbocycles. The summed E-state index contributed by atoms with van der Waals surface area (Å²) in [7, 11) is 3.53. The second kappa shape index (κ2) is 4.87. The minimum atomic E-state index is -0.845. The highest BCUT2D eigenvalue weighted by Crippen LogP contribution is 2.03. The third-order valence-electron chi connectivity index (χ3n) is 1.73. The monoisotopic (exact) mass is 172 g/mol. The first-order chi connectivity index (χ1) is 5.50. The zero-order chi connectivity index (χ0) is 9.72. The second-order valence-electron chi connectivity index (χ2n) is 3.00. The molecule has 12 heavy (non-hydrogen) atoms. The lowest BCUT2D eigenvalue weighted by atomic mass is 10.1. The third kappa shape index (κ3) is 3.00. The van der Waals surface area contributed by atoms with Crippen LogP contribution in [0.5, 0.6) is 0 Å². The summed E-state index contributed by atoms with van der Waals surface area (Å²) in [5.74, 6) is -1.34. The van der Waals surface area contributed by atoms with Gasteiger partial charge in [0.2, 0.25) is 5.78 Å². The molecule has 0 aliphatic carbocycles. The molecular formula is C8H16N2O2. The highest BCUT2D eigenvalue weighted by Gasteiger charge is 2.23. The predicted octanol–water partition coefficient (Wildman–Crippen LogP) is -0.229. The van der Waals surface area contributed by atoms with Crippen LogP contribution >= 0.6 is 0 Å². The largest absolute Gasteiger partial charge is 0.363 e. The molecule has 0 rings (SSSR count). The average Bonchev–Trinajstić information content (AvgIpc) is 1.98. The van der Waals surface area contributed by atoms with E-state index in [2.05, 4.69) is 0 Å². The van der Waals surface area contributed by atoms with Crippen molar-refractivity contribution in [1.82, 2.24) is 4.90 Å². The van der Waals surface area contributed by atoms with Gasteiger partial charge in [-0.1, -0.05) is 13.3 Å². The van der Waals surface area contributed by atoms with E-state index < -0.39 is 11.7 Å². The molecule has 1 atom stereocenters. The van der Waals surface area contributed by atoms with Gasteiger partial charge in [-0.3, -0.25) is 14.5 Å². The first-order valence-electron chi connectivity index (χ1n) is 4.00. The molecule has 0 aliphatic heterocycles. The number of carbonyl (C=O) groups is 2. The third-order valence-corrected chi connectivity index (χ3v) is 1.73. The number of likely N-dealkylation sites (N-methyl/N-ethyl adjacent to an activating group) is 1. The van der Waals surface area contributed by atoms with Crippen LogP contribution in [0.1, 0.15) is 19.8 Å². The van der Waals surface area contributed by atoms with Crippen molar-refractivity contribution in [3.05, 3.63) is 0 Å². The van der Waals surface area contributed by atoms with Gasteiger partial charge in [0.25, 0.3) is 5.91 Å². The van der Waals surface area contributed by atoms with Crippen LogP contribution < -0.4 is 5.73 Å². The molecule has 0 saturated heterocycles. The van der Waals surface area contributed by atoms with Crippen LogP contribution in [0.2, 0.25) is 0 Å². The molecule has 1 amide bonds. The summed E-state index contributed by atoms with van der Waals surface area (Å²) in [6.45, 7) is 1.96. The van der Waals surface area contributed by atoms with Crippen molar-refractivity contribution in [2.45, 2.75) is 25.8 Å². The zero-order valence-electron chi connectivity index (χ0n) is 7.83. The first kappa shape index (κ1) is 11.1. The molecule has 4 nitrogen and oxygen atoms in total. The molecule has 0 aromatic rings. The highest BCUT2D eigenvalue weighted by atomic mass is 16.2. The van der Waals surface area contributed by atoms with Gasteiger partial charge < -0.3 is 5.73 Å². The van der Waals surface area contributed by atoms with E-state index in [4.69, 9.17) is 5.73 Å². The van der Waals surface area contributed by atoms with E-state index in [9.17, 15) is 9.59 Å². The van der Waals surface area contributed by atoms with Crippen molar-refractivity contribution >= 4 is 11.7 Å². The molecule has 0 aromatic heterocycles. The quantitative estimate of drug-likeness (QED) is 0.583. The maximum absolute atomic E-state index is 11.2. The van der Waals surface area contributed by atoms with Crippen LogP contribution in [-0.4, -0.2) is 36.7 Å². The van der Waals surface area contributed by atoms with E-state index in [0.29, 0.717) is 6.42 Å². The molecule has 4 heteroatoms. The van der Waals surface area contributed by atoms with E-state index in [-0.39, 0.29) is 6.04 Å². The lowest BCUT2D eigenvalue weighted by Crippen LogP contribution is -2.42. The van der Waals surface area contributed by atoms with E-state index >= 15 is 0 Å². The van der Waals surface area contributed by atoms with Crippen molar-refractivity contribution in [3.8, 4) is 0 Å². The smallest absolute Gasteiger partial charge is 0.286 e. The van der Waals surface area contributed by atoms with E-state index in [1.165, 1.54) is 0 Å². The van der Waals surface area contributed by atoms with Crippen LogP contribution in [0.4, 0.5) is 0 Å². The Morgan fingerprint density at radius 3 is 2.17 bits per heavy atom. The Bertz CT molecular complexity index is 178. The maximum Gasteiger partial charge on any atom is 0.286 e. The van der Waals surface area contributed by atoms with Crippen molar-refractivity contribution < 1.29 is 9.59 Å². The first-order valence-corrected chi connectivity index (χ1v) is 4.00. The van der Waals surface area contributed by atoms with Crippen molar-refractivity contribution in [2.24, 2.45) is 5.73 Å². The number of hydrogen-bond acceptors (Lipinski definition) is 3. The van der Waals surface area contributed by atoms with Gasteiger partial charge in [-0.15, -0.1) is 0 Å². The molecule has 0 radical (unpaired) electrons. The molecule has 0 saturated carbocycles. The minimum Gasteiger partial charge on any atom is -0.363 e. The number of rotatable bonds is 5. The normalized spacial score (nSPS) is 13.0. The number of primary amides is 1. The second-order valence-corrected chi connectivity index (χ2v) is 3.00. The minimum absolute atomic E-state index is 0.354. The average molecular weight is 172 g/mol. The molecule has 0 fully saturated rings. The van der Waals surface area contributed by atoms with Gasteiger partial charge in [-0.25, -0.2) is 0 Å². The van der Waals surface area contributed by atoms with Gasteiger partial charge in [0.1, 0.15) is 0 Å². The Hall–Kier alpha value is -0.900. The fourth-order valence-electron chi connectivity index (χ4n) is 1.06. The Kier molecular flexibility index (Phi) is 4.51. The Morgan fingerprint density at radius 2 is 1.92 bits per heavy atom. The molecule has 1 unspecified atom stereocenters. The number of carbonyl (C=O) groups excluding carboxylic acids is 2. The summed E-state index contributed by atoms with van der Waals surface area (Å²) in [5, 5.41) is 0. The zero-order valence-corrected chi connectivity index (χ0v) is 7.83. The van der Waals surface area contributed by atoms with E-state index in [1.807, 2.05) is 6.92 Å². The summed E-state index contributed by atoms with van der Waals surface area (Å²) in [5.41, 5.74) is 4.89. The molecule has 0 heterocycles. The lowest BCUT2D eigenvalue weighted by Gasteiger charge is -2.20. The van der Waals surface area contributed by atoms with E-state index in [0.717, 1.165) is 6.42 Å². The van der Waals surface area contributed by atoms with Crippen molar-refractivity contribution in [1.29, 1.82) is 0 Å². The van der Waals surface area contributed by atoms with Gasteiger partial charge in [0, 0.05) is 0 Å². The SMILES string of the molecule is CCCC(C(=O)C(N)=O)N(C)C. The number of nitrogens with two attached hydrogens (primary N) is 1. The summed E-state index contributed by atoms with van der Waals surface area (Å²) in [6.07, 6.45) is 1.54. The fourth-order valence-corrected chi connectivity index (χ4v) is 1.06. The summed E-state index contributed by atoms with van der Waals surface area (Å²) in [4.78, 5) is 23.4. The molecule has 0 aliphatic rings. The number of ketones is 1. The summed E-state index contributed by atoms with van der Waals surface area (Å²) in [6, 6.07) is -0.354. The topological polar surface area (TPSA) is 63.4 Å². The number of amides is 1. The molecule has 70 valence electrons. The van der Waals surface area contributed by atoms with Gasteiger partial charge >= 0.3 is 0 Å². The molecule has 0 spiro atoms. The van der Waals surface area contributed by atoms with Crippen LogP contribution in [0, 0.1) is 0 Å². The van der Waals surface area contributed by atoms with Crippen LogP contribution in [0.3, 0.4) is 0 Å². The van der Waals surface area contributed by atoms with Crippen LogP contribution in [0.25, 0.3) is 0 Å². The van der Waals surface area contributed by atoms with Crippen LogP contribution in [-0.2, 0) is 9.59 Å². The van der Waals surface area contributed by atoms with Gasteiger partial charge in [-0.05, 0) is 20.5 Å². The fraction of sp³-hybridized carbons (Fsp3) is 0.750.